The zero-order valence-electron chi connectivity index (χ0n) is 20.5. The minimum absolute atomic E-state index is 0.0930. The van der Waals surface area contributed by atoms with Crippen LogP contribution in [-0.2, 0) is 20.8 Å². The van der Waals surface area contributed by atoms with E-state index in [4.69, 9.17) is 15.3 Å². The van der Waals surface area contributed by atoms with Crippen LogP contribution in [0.3, 0.4) is 0 Å². The predicted molar refractivity (Wildman–Crippen MR) is 131 cm³/mol. The first-order valence-electron chi connectivity index (χ1n) is 11.6. The second-order valence-electron chi connectivity index (χ2n) is 9.93. The Bertz CT molecular complexity index is 939. The van der Waals surface area contributed by atoms with Crippen LogP contribution >= 0.6 is 11.3 Å². The first-order chi connectivity index (χ1) is 15.4. The summed E-state index contributed by atoms with van der Waals surface area (Å²) < 4.78 is 5.43. The van der Waals surface area contributed by atoms with Crippen LogP contribution in [-0.4, -0.2) is 59.1 Å². The van der Waals surface area contributed by atoms with Crippen molar-refractivity contribution < 1.29 is 19.2 Å². The summed E-state index contributed by atoms with van der Waals surface area (Å²) in [6.07, 6.45) is 3.49. The van der Waals surface area contributed by atoms with Crippen molar-refractivity contribution in [2.45, 2.75) is 72.5 Å². The SMILES string of the molecule is CCCN(OC(C)C)C(=O)C1=Cc2sc(CC3CN(C(=O)OC(C)(C)C)C3)cc2N=C(N)C1. The van der Waals surface area contributed by atoms with Gasteiger partial charge in [-0.25, -0.2) is 14.9 Å². The number of amidine groups is 1. The Morgan fingerprint density at radius 3 is 2.64 bits per heavy atom. The minimum Gasteiger partial charge on any atom is -0.444 e. The Balaban J connectivity index is 1.68. The zero-order valence-corrected chi connectivity index (χ0v) is 21.3. The highest BCUT2D eigenvalue weighted by Gasteiger charge is 2.34. The van der Waals surface area contributed by atoms with E-state index in [1.807, 2.05) is 53.7 Å². The number of carbonyl (C=O) groups excluding carboxylic acids is 2. The Morgan fingerprint density at radius 2 is 2.03 bits per heavy atom. The molecule has 2 N–H and O–H groups in total. The molecule has 0 spiro atoms. The largest absolute Gasteiger partial charge is 0.444 e. The Morgan fingerprint density at radius 1 is 1.33 bits per heavy atom. The number of thiophene rings is 1. The molecule has 33 heavy (non-hydrogen) atoms. The summed E-state index contributed by atoms with van der Waals surface area (Å²) in [6.45, 7) is 13.3. The molecule has 0 radical (unpaired) electrons. The molecule has 3 rings (SSSR count). The van der Waals surface area contributed by atoms with E-state index in [-0.39, 0.29) is 18.1 Å². The van der Waals surface area contributed by atoms with E-state index in [9.17, 15) is 9.59 Å². The lowest BCUT2D eigenvalue weighted by Crippen LogP contribution is -2.52. The van der Waals surface area contributed by atoms with Gasteiger partial charge in [0.05, 0.1) is 16.7 Å². The smallest absolute Gasteiger partial charge is 0.410 e. The van der Waals surface area contributed by atoms with Gasteiger partial charge < -0.3 is 15.4 Å². The van der Waals surface area contributed by atoms with E-state index in [2.05, 4.69) is 4.99 Å². The van der Waals surface area contributed by atoms with Crippen LogP contribution in [0, 0.1) is 5.92 Å². The van der Waals surface area contributed by atoms with Crippen molar-refractivity contribution in [3.8, 4) is 0 Å². The van der Waals surface area contributed by atoms with Gasteiger partial charge in [0.15, 0.2) is 0 Å². The Labute approximate surface area is 200 Å². The molecule has 0 bridgehead atoms. The molecule has 3 heterocycles. The maximum atomic E-state index is 13.1. The molecular weight excluding hydrogens is 440 g/mol. The van der Waals surface area contributed by atoms with Gasteiger partial charge in [-0.1, -0.05) is 6.92 Å². The lowest BCUT2D eigenvalue weighted by Gasteiger charge is -2.39. The molecule has 1 saturated heterocycles. The lowest BCUT2D eigenvalue weighted by molar-refractivity contribution is -0.196. The maximum absolute atomic E-state index is 13.1. The molecule has 0 atom stereocenters. The van der Waals surface area contributed by atoms with Crippen LogP contribution in [0.5, 0.6) is 0 Å². The summed E-state index contributed by atoms with van der Waals surface area (Å²) in [5.74, 6) is 0.627. The fourth-order valence-electron chi connectivity index (χ4n) is 3.75. The maximum Gasteiger partial charge on any atom is 0.410 e. The first kappa shape index (κ1) is 25.2. The van der Waals surface area contributed by atoms with Crippen molar-refractivity contribution >= 4 is 40.9 Å². The number of hydrogen-bond donors (Lipinski definition) is 1. The van der Waals surface area contributed by atoms with Crippen molar-refractivity contribution in [1.29, 1.82) is 0 Å². The molecule has 1 aromatic rings. The number of nitrogens with two attached hydrogens (primary N) is 1. The zero-order chi connectivity index (χ0) is 24.3. The number of rotatable bonds is 7. The van der Waals surface area contributed by atoms with E-state index in [1.54, 1.807) is 16.2 Å². The topological polar surface area (TPSA) is 97.5 Å². The highest BCUT2D eigenvalue weighted by atomic mass is 32.1. The van der Waals surface area contributed by atoms with Gasteiger partial charge in [0.25, 0.3) is 5.91 Å². The third kappa shape index (κ3) is 6.80. The summed E-state index contributed by atoms with van der Waals surface area (Å²) in [6, 6.07) is 2.04. The van der Waals surface area contributed by atoms with Crippen molar-refractivity contribution in [2.75, 3.05) is 19.6 Å². The Kier molecular flexibility index (Phi) is 7.84. The molecule has 0 saturated carbocycles. The number of hydroxylamine groups is 2. The molecule has 1 aromatic heterocycles. The van der Waals surface area contributed by atoms with Gasteiger partial charge in [-0.05, 0) is 65.5 Å². The fourth-order valence-corrected chi connectivity index (χ4v) is 4.94. The molecule has 0 aromatic carbocycles. The summed E-state index contributed by atoms with van der Waals surface area (Å²) in [5.41, 5.74) is 7.04. The van der Waals surface area contributed by atoms with Crippen molar-refractivity contribution in [3.05, 3.63) is 21.4 Å². The fraction of sp³-hybridized carbons (Fsp3) is 0.625. The van der Waals surface area contributed by atoms with E-state index in [0.717, 1.165) is 23.4 Å². The number of amides is 2. The van der Waals surface area contributed by atoms with Gasteiger partial charge >= 0.3 is 6.09 Å². The average Bonchev–Trinajstić information content (AvgIpc) is 2.94. The second-order valence-corrected chi connectivity index (χ2v) is 11.1. The van der Waals surface area contributed by atoms with E-state index >= 15 is 0 Å². The summed E-state index contributed by atoms with van der Waals surface area (Å²) in [5, 5.41) is 1.43. The van der Waals surface area contributed by atoms with Crippen LogP contribution in [0.2, 0.25) is 0 Å². The van der Waals surface area contributed by atoms with Crippen LogP contribution in [0.1, 0.15) is 64.1 Å². The molecule has 1 fully saturated rings. The molecule has 2 aliphatic rings. The van der Waals surface area contributed by atoms with Gasteiger partial charge in [-0.15, -0.1) is 11.3 Å². The monoisotopic (exact) mass is 476 g/mol. The highest BCUT2D eigenvalue weighted by Crippen LogP contribution is 2.37. The Hall–Kier alpha value is -2.39. The molecule has 2 aliphatic heterocycles. The van der Waals surface area contributed by atoms with E-state index in [0.29, 0.717) is 43.4 Å². The van der Waals surface area contributed by atoms with Gasteiger partial charge in [0.2, 0.25) is 0 Å². The minimum atomic E-state index is -0.486. The number of fused-ring (bicyclic) bond motifs is 1. The second kappa shape index (κ2) is 10.3. The third-order valence-corrected chi connectivity index (χ3v) is 6.19. The molecule has 2 amide bonds. The van der Waals surface area contributed by atoms with Crippen molar-refractivity contribution in [3.63, 3.8) is 0 Å². The number of aliphatic imine (C=N–C) groups is 1. The van der Waals surface area contributed by atoms with Crippen LogP contribution < -0.4 is 5.73 Å². The van der Waals surface area contributed by atoms with Gasteiger partial charge in [-0.3, -0.25) is 9.63 Å². The van der Waals surface area contributed by atoms with Crippen LogP contribution in [0.4, 0.5) is 10.5 Å². The van der Waals surface area contributed by atoms with E-state index in [1.165, 1.54) is 9.94 Å². The number of likely N-dealkylation sites (tertiary alicyclic amines) is 1. The van der Waals surface area contributed by atoms with Gasteiger partial charge in [-0.2, -0.15) is 0 Å². The molecule has 0 unspecified atom stereocenters. The average molecular weight is 477 g/mol. The molecule has 0 aliphatic carbocycles. The lowest BCUT2D eigenvalue weighted by atomic mass is 9.96. The molecule has 182 valence electrons. The molecule has 9 heteroatoms. The number of ether oxygens (including phenoxy) is 1. The normalized spacial score (nSPS) is 16.5. The molecule has 8 nitrogen and oxygen atoms in total. The van der Waals surface area contributed by atoms with Gasteiger partial charge in [0.1, 0.15) is 11.4 Å². The summed E-state index contributed by atoms with van der Waals surface area (Å²) in [7, 11) is 0. The standard InChI is InChI=1S/C24H36N4O4S/c1-7-8-28(32-15(2)3)22(29)17-10-20-19(26-21(25)11-17)12-18(33-20)9-16-13-27(14-16)23(30)31-24(4,5)6/h10,12,15-16H,7-9,11,13-14H2,1-6H3,(H2,25,26). The first-order valence-corrected chi connectivity index (χ1v) is 12.4. The van der Waals surface area contributed by atoms with Crippen LogP contribution in [0.25, 0.3) is 6.08 Å². The van der Waals surface area contributed by atoms with Gasteiger partial charge in [0, 0.05) is 36.5 Å². The van der Waals surface area contributed by atoms with Crippen molar-refractivity contribution in [1.82, 2.24) is 9.96 Å². The van der Waals surface area contributed by atoms with Crippen LogP contribution in [0.15, 0.2) is 16.6 Å². The number of hydrogen-bond acceptors (Lipinski definition) is 7. The van der Waals surface area contributed by atoms with E-state index < -0.39 is 5.60 Å². The quantitative estimate of drug-likeness (QED) is 0.584. The van der Waals surface area contributed by atoms with Crippen molar-refractivity contribution in [2.24, 2.45) is 16.6 Å². The molecular formula is C24H36N4O4S. The number of nitrogens with zero attached hydrogens (tertiary/aromatic N) is 3. The number of carbonyl (C=O) groups is 2. The summed E-state index contributed by atoms with van der Waals surface area (Å²) >= 11 is 1.62. The predicted octanol–water partition coefficient (Wildman–Crippen LogP) is 4.51. The summed E-state index contributed by atoms with van der Waals surface area (Å²) in [4.78, 5) is 39.4. The highest BCUT2D eigenvalue weighted by molar-refractivity contribution is 7.13. The third-order valence-electron chi connectivity index (χ3n) is 5.10.